The van der Waals surface area contributed by atoms with Gasteiger partial charge in [-0.1, -0.05) is 37.3 Å². The largest absolute Gasteiger partial charge is 0.322 e. The van der Waals surface area contributed by atoms with Crippen molar-refractivity contribution in [3.05, 3.63) is 64.1 Å². The fraction of sp³-hybridized carbons (Fsp3) is 0.235. The first-order chi connectivity index (χ1) is 9.60. The topological polar surface area (TPSA) is 29.1 Å². The minimum Gasteiger partial charge on any atom is -0.322 e. The smallest absolute Gasteiger partial charge is 0.256 e. The highest BCUT2D eigenvalue weighted by Crippen LogP contribution is 2.50. The lowest BCUT2D eigenvalue weighted by Crippen LogP contribution is -2.15. The van der Waals surface area contributed by atoms with Crippen LogP contribution in [0.1, 0.15) is 35.7 Å². The van der Waals surface area contributed by atoms with Crippen molar-refractivity contribution in [3.63, 3.8) is 0 Å². The molecule has 0 heterocycles. The number of anilines is 1. The molecule has 1 N–H and O–H groups in total. The number of para-hydroxylation sites is 1. The lowest BCUT2D eigenvalue weighted by Gasteiger charge is -2.16. The third-order valence-corrected chi connectivity index (χ3v) is 4.64. The van der Waals surface area contributed by atoms with Crippen molar-refractivity contribution in [2.75, 3.05) is 5.32 Å². The van der Waals surface area contributed by atoms with Crippen molar-refractivity contribution in [2.24, 2.45) is 0 Å². The van der Waals surface area contributed by atoms with Gasteiger partial charge in [-0.2, -0.15) is 0 Å². The molecule has 102 valence electrons. The van der Waals surface area contributed by atoms with E-state index < -0.39 is 0 Å². The highest BCUT2D eigenvalue weighted by atomic mass is 79.9. The third kappa shape index (κ3) is 2.50. The van der Waals surface area contributed by atoms with Gasteiger partial charge in [-0.25, -0.2) is 0 Å². The predicted octanol–water partition coefficient (Wildman–Crippen LogP) is 4.75. The molecule has 2 nitrogen and oxygen atoms in total. The summed E-state index contributed by atoms with van der Waals surface area (Å²) in [5, 5.41) is 3.05. The Labute approximate surface area is 127 Å². The zero-order chi connectivity index (χ0) is 14.2. The molecular weight excluding hydrogens is 314 g/mol. The Morgan fingerprint density at radius 1 is 1.10 bits per heavy atom. The fourth-order valence-electron chi connectivity index (χ4n) is 2.41. The van der Waals surface area contributed by atoms with E-state index in [0.29, 0.717) is 5.56 Å². The molecule has 1 amide bonds. The first-order valence-corrected chi connectivity index (χ1v) is 7.55. The first kappa shape index (κ1) is 13.4. The lowest BCUT2D eigenvalue weighted by atomic mass is 9.96. The van der Waals surface area contributed by atoms with Crippen LogP contribution >= 0.6 is 15.9 Å². The van der Waals surface area contributed by atoms with Crippen molar-refractivity contribution < 1.29 is 4.79 Å². The minimum atomic E-state index is -0.0748. The Hall–Kier alpha value is -1.61. The third-order valence-electron chi connectivity index (χ3n) is 3.94. The van der Waals surface area contributed by atoms with E-state index in [4.69, 9.17) is 0 Å². The second-order valence-corrected chi connectivity index (χ2v) is 6.39. The summed E-state index contributed by atoms with van der Waals surface area (Å²) < 4.78 is 0.813. The predicted molar refractivity (Wildman–Crippen MR) is 85.1 cm³/mol. The van der Waals surface area contributed by atoms with Crippen LogP contribution in [0.25, 0.3) is 0 Å². The van der Waals surface area contributed by atoms with Gasteiger partial charge in [0.1, 0.15) is 0 Å². The molecule has 2 aromatic rings. The SMILES string of the molecule is CC1(c2ccccc2NC(=O)c2ccccc2Br)CC1. The number of hydrogen-bond acceptors (Lipinski definition) is 1. The number of benzene rings is 2. The Morgan fingerprint density at radius 2 is 1.75 bits per heavy atom. The number of hydrogen-bond donors (Lipinski definition) is 1. The molecule has 0 radical (unpaired) electrons. The summed E-state index contributed by atoms with van der Waals surface area (Å²) in [6, 6.07) is 15.6. The van der Waals surface area contributed by atoms with Crippen molar-refractivity contribution in [3.8, 4) is 0 Å². The maximum atomic E-state index is 12.4. The summed E-state index contributed by atoms with van der Waals surface area (Å²) in [5.41, 5.74) is 3.05. The number of carbonyl (C=O) groups is 1. The first-order valence-electron chi connectivity index (χ1n) is 6.75. The zero-order valence-corrected chi connectivity index (χ0v) is 12.9. The second-order valence-electron chi connectivity index (χ2n) is 5.54. The van der Waals surface area contributed by atoms with Crippen molar-refractivity contribution in [1.29, 1.82) is 0 Å². The number of rotatable bonds is 3. The molecule has 1 fully saturated rings. The van der Waals surface area contributed by atoms with Crippen molar-refractivity contribution in [2.45, 2.75) is 25.2 Å². The highest BCUT2D eigenvalue weighted by molar-refractivity contribution is 9.10. The van der Waals surface area contributed by atoms with Crippen LogP contribution in [0.4, 0.5) is 5.69 Å². The monoisotopic (exact) mass is 329 g/mol. The number of carbonyl (C=O) groups excluding carboxylic acids is 1. The molecule has 0 bridgehead atoms. The second kappa shape index (κ2) is 5.06. The van der Waals surface area contributed by atoms with E-state index in [1.807, 2.05) is 42.5 Å². The molecule has 0 saturated heterocycles. The van der Waals surface area contributed by atoms with Crippen LogP contribution < -0.4 is 5.32 Å². The van der Waals surface area contributed by atoms with Gasteiger partial charge >= 0.3 is 0 Å². The van der Waals surface area contributed by atoms with Crippen LogP contribution in [0, 0.1) is 0 Å². The molecule has 3 rings (SSSR count). The summed E-state index contributed by atoms with van der Waals surface area (Å²) in [6.07, 6.45) is 2.38. The minimum absolute atomic E-state index is 0.0748. The average Bonchev–Trinajstić information content (AvgIpc) is 3.19. The highest BCUT2D eigenvalue weighted by Gasteiger charge is 2.40. The van der Waals surface area contributed by atoms with Crippen LogP contribution in [-0.2, 0) is 5.41 Å². The van der Waals surface area contributed by atoms with Gasteiger partial charge in [0.15, 0.2) is 0 Å². The summed E-state index contributed by atoms with van der Waals surface area (Å²) in [7, 11) is 0. The van der Waals surface area contributed by atoms with E-state index in [2.05, 4.69) is 34.2 Å². The molecule has 1 aliphatic carbocycles. The molecule has 0 spiro atoms. The van der Waals surface area contributed by atoms with E-state index in [0.717, 1.165) is 10.2 Å². The van der Waals surface area contributed by atoms with Crippen LogP contribution in [0.5, 0.6) is 0 Å². The zero-order valence-electron chi connectivity index (χ0n) is 11.3. The van der Waals surface area contributed by atoms with Crippen LogP contribution in [0.15, 0.2) is 53.0 Å². The number of amides is 1. The van der Waals surface area contributed by atoms with E-state index in [1.54, 1.807) is 0 Å². The quantitative estimate of drug-likeness (QED) is 0.864. The molecule has 0 atom stereocenters. The van der Waals surface area contributed by atoms with Gasteiger partial charge in [0, 0.05) is 10.2 Å². The van der Waals surface area contributed by atoms with Crippen LogP contribution in [0.3, 0.4) is 0 Å². The molecule has 3 heteroatoms. The van der Waals surface area contributed by atoms with Gasteiger partial charge in [-0.3, -0.25) is 4.79 Å². The van der Waals surface area contributed by atoms with E-state index in [9.17, 15) is 4.79 Å². The molecule has 1 aliphatic rings. The molecule has 2 aromatic carbocycles. The summed E-state index contributed by atoms with van der Waals surface area (Å²) in [6.45, 7) is 2.25. The van der Waals surface area contributed by atoms with Crippen LogP contribution in [0.2, 0.25) is 0 Å². The molecular formula is C17H16BrNO. The number of nitrogens with one attached hydrogen (secondary N) is 1. The average molecular weight is 330 g/mol. The Morgan fingerprint density at radius 3 is 2.45 bits per heavy atom. The van der Waals surface area contributed by atoms with Gasteiger partial charge in [0.2, 0.25) is 0 Å². The Bertz CT molecular complexity index is 662. The molecule has 0 aromatic heterocycles. The maximum Gasteiger partial charge on any atom is 0.256 e. The summed E-state index contributed by atoms with van der Waals surface area (Å²) in [4.78, 5) is 12.4. The Balaban J connectivity index is 1.89. The standard InChI is InChI=1S/C17H16BrNO/c1-17(10-11-17)13-7-3-5-9-15(13)19-16(20)12-6-2-4-8-14(12)18/h2-9H,10-11H2,1H3,(H,19,20). The fourth-order valence-corrected chi connectivity index (χ4v) is 2.88. The van der Waals surface area contributed by atoms with Gasteiger partial charge in [-0.05, 0) is 57.9 Å². The Kier molecular flexibility index (Phi) is 3.38. The normalized spacial score (nSPS) is 15.7. The van der Waals surface area contributed by atoms with E-state index >= 15 is 0 Å². The summed E-state index contributed by atoms with van der Waals surface area (Å²) >= 11 is 3.42. The van der Waals surface area contributed by atoms with Crippen molar-refractivity contribution in [1.82, 2.24) is 0 Å². The number of halogens is 1. The van der Waals surface area contributed by atoms with Gasteiger partial charge in [0.05, 0.1) is 5.56 Å². The van der Waals surface area contributed by atoms with Gasteiger partial charge < -0.3 is 5.32 Å². The van der Waals surface area contributed by atoms with Crippen LogP contribution in [-0.4, -0.2) is 5.91 Å². The van der Waals surface area contributed by atoms with Gasteiger partial charge in [0.25, 0.3) is 5.91 Å². The molecule has 0 aliphatic heterocycles. The van der Waals surface area contributed by atoms with E-state index in [-0.39, 0.29) is 11.3 Å². The van der Waals surface area contributed by atoms with E-state index in [1.165, 1.54) is 18.4 Å². The molecule has 20 heavy (non-hydrogen) atoms. The molecule has 1 saturated carbocycles. The van der Waals surface area contributed by atoms with Crippen molar-refractivity contribution >= 4 is 27.5 Å². The molecule has 0 unspecified atom stereocenters. The maximum absolute atomic E-state index is 12.4. The lowest BCUT2D eigenvalue weighted by molar-refractivity contribution is 0.102. The van der Waals surface area contributed by atoms with Gasteiger partial charge in [-0.15, -0.1) is 0 Å². The summed E-state index contributed by atoms with van der Waals surface area (Å²) in [5.74, 6) is -0.0748.